The van der Waals surface area contributed by atoms with E-state index in [1.165, 1.54) is 5.56 Å². The fourth-order valence-corrected chi connectivity index (χ4v) is 3.48. The topological polar surface area (TPSA) is 49.8 Å². The maximum atomic E-state index is 11.2. The SMILES string of the molecule is CC1C(C(=O)O)CCN1CC1CCOc2ccccc21. The molecule has 108 valence electrons. The first-order valence-corrected chi connectivity index (χ1v) is 7.35. The van der Waals surface area contributed by atoms with Gasteiger partial charge in [-0.1, -0.05) is 18.2 Å². The van der Waals surface area contributed by atoms with Gasteiger partial charge in [-0.2, -0.15) is 0 Å². The van der Waals surface area contributed by atoms with Crippen LogP contribution in [0, 0.1) is 5.92 Å². The van der Waals surface area contributed by atoms with Crippen LogP contribution in [-0.2, 0) is 4.79 Å². The second-order valence-corrected chi connectivity index (χ2v) is 5.84. The average molecular weight is 275 g/mol. The van der Waals surface area contributed by atoms with E-state index in [2.05, 4.69) is 11.0 Å². The Morgan fingerprint density at radius 2 is 2.20 bits per heavy atom. The van der Waals surface area contributed by atoms with E-state index in [1.54, 1.807) is 0 Å². The summed E-state index contributed by atoms with van der Waals surface area (Å²) in [6, 6.07) is 8.33. The summed E-state index contributed by atoms with van der Waals surface area (Å²) in [5, 5.41) is 9.22. The van der Waals surface area contributed by atoms with E-state index in [9.17, 15) is 9.90 Å². The Hall–Kier alpha value is -1.55. The maximum absolute atomic E-state index is 11.2. The van der Waals surface area contributed by atoms with Crippen molar-refractivity contribution in [2.24, 2.45) is 5.92 Å². The first-order valence-electron chi connectivity index (χ1n) is 7.35. The van der Waals surface area contributed by atoms with Crippen LogP contribution in [0.3, 0.4) is 0 Å². The smallest absolute Gasteiger partial charge is 0.308 e. The van der Waals surface area contributed by atoms with Crippen LogP contribution in [0.5, 0.6) is 5.75 Å². The highest BCUT2D eigenvalue weighted by molar-refractivity contribution is 5.71. The zero-order valence-electron chi connectivity index (χ0n) is 11.8. The third kappa shape index (κ3) is 2.40. The van der Waals surface area contributed by atoms with Crippen LogP contribution in [0.25, 0.3) is 0 Å². The number of fused-ring (bicyclic) bond motifs is 1. The number of para-hydroxylation sites is 1. The van der Waals surface area contributed by atoms with E-state index in [0.29, 0.717) is 5.92 Å². The van der Waals surface area contributed by atoms with Crippen molar-refractivity contribution in [2.45, 2.75) is 31.7 Å². The molecule has 0 amide bonds. The lowest BCUT2D eigenvalue weighted by molar-refractivity contribution is -0.142. The molecule has 1 aromatic carbocycles. The lowest BCUT2D eigenvalue weighted by atomic mass is 9.92. The number of nitrogens with zero attached hydrogens (tertiary/aromatic N) is 1. The van der Waals surface area contributed by atoms with Crippen molar-refractivity contribution >= 4 is 5.97 Å². The fraction of sp³-hybridized carbons (Fsp3) is 0.562. The molecule has 0 aliphatic carbocycles. The Bertz CT molecular complexity index is 502. The fourth-order valence-electron chi connectivity index (χ4n) is 3.48. The molecule has 0 spiro atoms. The van der Waals surface area contributed by atoms with Gasteiger partial charge in [-0.25, -0.2) is 0 Å². The predicted octanol–water partition coefficient (Wildman–Crippen LogP) is 2.35. The minimum Gasteiger partial charge on any atom is -0.493 e. The number of rotatable bonds is 3. The standard InChI is InChI=1S/C16H21NO3/c1-11-13(16(18)19)6-8-17(11)10-12-7-9-20-15-5-3-2-4-14(12)15/h2-5,11-13H,6-10H2,1H3,(H,18,19). The minimum atomic E-state index is -0.660. The highest BCUT2D eigenvalue weighted by Gasteiger charge is 2.37. The van der Waals surface area contributed by atoms with E-state index in [1.807, 2.05) is 25.1 Å². The molecule has 1 N–H and O–H groups in total. The van der Waals surface area contributed by atoms with Crippen molar-refractivity contribution in [1.82, 2.24) is 4.90 Å². The lowest BCUT2D eigenvalue weighted by Gasteiger charge is -2.31. The first kappa shape index (κ1) is 13.4. The molecule has 2 aliphatic heterocycles. The molecule has 1 fully saturated rings. The van der Waals surface area contributed by atoms with E-state index in [0.717, 1.165) is 38.3 Å². The molecular weight excluding hydrogens is 254 g/mol. The molecule has 0 aromatic heterocycles. The molecule has 0 radical (unpaired) electrons. The number of hydrogen-bond acceptors (Lipinski definition) is 3. The third-order valence-electron chi connectivity index (χ3n) is 4.74. The number of ether oxygens (including phenoxy) is 1. The zero-order valence-corrected chi connectivity index (χ0v) is 11.8. The highest BCUT2D eigenvalue weighted by Crippen LogP contribution is 2.36. The number of aliphatic carboxylic acids is 1. The maximum Gasteiger partial charge on any atom is 0.308 e. The molecule has 0 bridgehead atoms. The van der Waals surface area contributed by atoms with Gasteiger partial charge in [0.1, 0.15) is 5.75 Å². The van der Waals surface area contributed by atoms with Crippen molar-refractivity contribution < 1.29 is 14.6 Å². The summed E-state index contributed by atoms with van der Waals surface area (Å²) in [6.45, 7) is 4.62. The summed E-state index contributed by atoms with van der Waals surface area (Å²) < 4.78 is 5.69. The zero-order chi connectivity index (χ0) is 14.1. The van der Waals surface area contributed by atoms with Gasteiger partial charge in [-0.15, -0.1) is 0 Å². The molecular formula is C16H21NO3. The Balaban J connectivity index is 1.72. The number of benzene rings is 1. The summed E-state index contributed by atoms with van der Waals surface area (Å²) in [5.41, 5.74) is 1.27. The Labute approximate surface area is 119 Å². The Kier molecular flexibility index (Phi) is 3.66. The van der Waals surface area contributed by atoms with Crippen molar-refractivity contribution in [3.05, 3.63) is 29.8 Å². The summed E-state index contributed by atoms with van der Waals surface area (Å²) in [4.78, 5) is 13.5. The van der Waals surface area contributed by atoms with Gasteiger partial charge in [0.05, 0.1) is 12.5 Å². The molecule has 1 saturated heterocycles. The largest absolute Gasteiger partial charge is 0.493 e. The van der Waals surface area contributed by atoms with Gasteiger partial charge in [0.2, 0.25) is 0 Å². The van der Waals surface area contributed by atoms with Gasteiger partial charge in [0, 0.05) is 18.5 Å². The summed E-state index contributed by atoms with van der Waals surface area (Å²) in [5.74, 6) is 0.567. The Morgan fingerprint density at radius 3 is 2.95 bits per heavy atom. The average Bonchev–Trinajstić information content (AvgIpc) is 2.81. The van der Waals surface area contributed by atoms with Crippen LogP contribution < -0.4 is 4.74 Å². The van der Waals surface area contributed by atoms with E-state index >= 15 is 0 Å². The van der Waals surface area contributed by atoms with Crippen molar-refractivity contribution in [2.75, 3.05) is 19.7 Å². The quantitative estimate of drug-likeness (QED) is 0.920. The van der Waals surface area contributed by atoms with Gasteiger partial charge in [0.15, 0.2) is 0 Å². The van der Waals surface area contributed by atoms with E-state index in [4.69, 9.17) is 4.74 Å². The minimum absolute atomic E-state index is 0.127. The molecule has 4 heteroatoms. The summed E-state index contributed by atoms with van der Waals surface area (Å²) in [6.07, 6.45) is 1.78. The normalized spacial score (nSPS) is 29.8. The monoisotopic (exact) mass is 275 g/mol. The van der Waals surface area contributed by atoms with Crippen LogP contribution in [-0.4, -0.2) is 41.7 Å². The van der Waals surface area contributed by atoms with Crippen LogP contribution in [0.2, 0.25) is 0 Å². The van der Waals surface area contributed by atoms with Gasteiger partial charge in [-0.05, 0) is 37.9 Å². The molecule has 4 nitrogen and oxygen atoms in total. The van der Waals surface area contributed by atoms with Crippen LogP contribution >= 0.6 is 0 Å². The molecule has 2 heterocycles. The van der Waals surface area contributed by atoms with Crippen LogP contribution in [0.4, 0.5) is 0 Å². The summed E-state index contributed by atoms with van der Waals surface area (Å²) >= 11 is 0. The Morgan fingerprint density at radius 1 is 1.40 bits per heavy atom. The first-order chi connectivity index (χ1) is 9.66. The van der Waals surface area contributed by atoms with Crippen molar-refractivity contribution in [3.8, 4) is 5.75 Å². The van der Waals surface area contributed by atoms with Gasteiger partial charge >= 0.3 is 5.97 Å². The predicted molar refractivity (Wildman–Crippen MR) is 76.1 cm³/mol. The molecule has 2 aliphatic rings. The van der Waals surface area contributed by atoms with Crippen molar-refractivity contribution in [3.63, 3.8) is 0 Å². The summed E-state index contributed by atoms with van der Waals surface area (Å²) in [7, 11) is 0. The number of carbonyl (C=O) groups is 1. The number of carboxylic acid groups (broad SMARTS) is 1. The molecule has 1 aromatic rings. The molecule has 20 heavy (non-hydrogen) atoms. The van der Waals surface area contributed by atoms with Gasteiger partial charge < -0.3 is 9.84 Å². The lowest BCUT2D eigenvalue weighted by Crippen LogP contribution is -2.36. The van der Waals surface area contributed by atoms with Gasteiger partial charge in [-0.3, -0.25) is 9.69 Å². The van der Waals surface area contributed by atoms with E-state index < -0.39 is 5.97 Å². The molecule has 3 atom stereocenters. The van der Waals surface area contributed by atoms with Crippen LogP contribution in [0.1, 0.15) is 31.2 Å². The van der Waals surface area contributed by atoms with Crippen LogP contribution in [0.15, 0.2) is 24.3 Å². The molecule has 0 saturated carbocycles. The van der Waals surface area contributed by atoms with Gasteiger partial charge in [0.25, 0.3) is 0 Å². The second kappa shape index (κ2) is 5.44. The second-order valence-electron chi connectivity index (χ2n) is 5.84. The third-order valence-corrected chi connectivity index (χ3v) is 4.74. The van der Waals surface area contributed by atoms with E-state index in [-0.39, 0.29) is 12.0 Å². The number of carboxylic acids is 1. The number of hydrogen-bond donors (Lipinski definition) is 1. The molecule has 3 unspecified atom stereocenters. The molecule has 3 rings (SSSR count). The highest BCUT2D eigenvalue weighted by atomic mass is 16.5. The number of likely N-dealkylation sites (tertiary alicyclic amines) is 1. The van der Waals surface area contributed by atoms with Crippen molar-refractivity contribution in [1.29, 1.82) is 0 Å².